The number of amides is 2. The second-order valence-electron chi connectivity index (χ2n) is 6.68. The third-order valence-electron chi connectivity index (χ3n) is 4.11. The van der Waals surface area contributed by atoms with Crippen LogP contribution in [-0.4, -0.2) is 37.5 Å². The number of nitrogens with one attached hydrogen (secondary N) is 2. The van der Waals surface area contributed by atoms with E-state index in [1.54, 1.807) is 38.1 Å². The van der Waals surface area contributed by atoms with Crippen LogP contribution in [0.1, 0.15) is 24.2 Å². The van der Waals surface area contributed by atoms with Gasteiger partial charge in [0.25, 0.3) is 11.8 Å². The third-order valence-corrected chi connectivity index (χ3v) is 4.11. The molecule has 1 atom stereocenters. The summed E-state index contributed by atoms with van der Waals surface area (Å²) in [7, 11) is 1.42. The van der Waals surface area contributed by atoms with Gasteiger partial charge in [-0.25, -0.2) is 13.6 Å². The number of esters is 1. The van der Waals surface area contributed by atoms with Crippen molar-refractivity contribution in [1.82, 2.24) is 5.32 Å². The van der Waals surface area contributed by atoms with E-state index in [2.05, 4.69) is 10.6 Å². The predicted octanol–water partition coefficient (Wildman–Crippen LogP) is 2.91. The van der Waals surface area contributed by atoms with Crippen molar-refractivity contribution in [3.05, 3.63) is 59.7 Å². The number of ether oxygens (including phenoxy) is 2. The van der Waals surface area contributed by atoms with Gasteiger partial charge in [0.2, 0.25) is 0 Å². The van der Waals surface area contributed by atoms with Crippen LogP contribution in [0.3, 0.4) is 0 Å². The van der Waals surface area contributed by atoms with Crippen LogP contribution >= 0.6 is 0 Å². The molecule has 0 aliphatic carbocycles. The standard InChI is InChI=1S/C21H22F2N2O5/c1-12(2)19(25-20(27)14-6-4-5-7-17(14)29-3)21(28)30-11-18(26)24-16-9-8-13(22)10-15(16)23/h4-10,12,19H,11H2,1-3H3,(H,24,26)(H,25,27)/t19-/m0/s1. The van der Waals surface area contributed by atoms with Crippen molar-refractivity contribution < 1.29 is 32.6 Å². The Morgan fingerprint density at radius 3 is 2.40 bits per heavy atom. The zero-order valence-electron chi connectivity index (χ0n) is 16.7. The van der Waals surface area contributed by atoms with E-state index >= 15 is 0 Å². The minimum atomic E-state index is -1.03. The van der Waals surface area contributed by atoms with Crippen LogP contribution < -0.4 is 15.4 Å². The lowest BCUT2D eigenvalue weighted by atomic mass is 10.0. The van der Waals surface area contributed by atoms with E-state index in [1.807, 2.05) is 0 Å². The molecule has 0 unspecified atom stereocenters. The first-order valence-corrected chi connectivity index (χ1v) is 9.08. The number of hydrogen-bond acceptors (Lipinski definition) is 5. The first-order chi connectivity index (χ1) is 14.2. The van der Waals surface area contributed by atoms with E-state index < -0.39 is 42.1 Å². The van der Waals surface area contributed by atoms with Gasteiger partial charge in [-0.15, -0.1) is 0 Å². The smallest absolute Gasteiger partial charge is 0.329 e. The highest BCUT2D eigenvalue weighted by Crippen LogP contribution is 2.18. The van der Waals surface area contributed by atoms with E-state index in [-0.39, 0.29) is 17.2 Å². The average molecular weight is 420 g/mol. The molecule has 0 fully saturated rings. The molecular formula is C21H22F2N2O5. The summed E-state index contributed by atoms with van der Waals surface area (Å²) in [4.78, 5) is 36.9. The monoisotopic (exact) mass is 420 g/mol. The number of rotatable bonds is 8. The van der Waals surface area contributed by atoms with Gasteiger partial charge in [-0.05, 0) is 30.2 Å². The maximum atomic E-state index is 13.6. The first-order valence-electron chi connectivity index (χ1n) is 9.08. The Bertz CT molecular complexity index is 933. The Morgan fingerprint density at radius 2 is 1.77 bits per heavy atom. The number of anilines is 1. The Labute approximate surface area is 172 Å². The van der Waals surface area contributed by atoms with Crippen molar-refractivity contribution >= 4 is 23.5 Å². The van der Waals surface area contributed by atoms with Crippen molar-refractivity contribution in [2.45, 2.75) is 19.9 Å². The second kappa shape index (κ2) is 10.3. The molecule has 0 saturated heterocycles. The van der Waals surface area contributed by atoms with Gasteiger partial charge in [0.05, 0.1) is 18.4 Å². The Kier molecular flexibility index (Phi) is 7.85. The molecule has 2 amide bonds. The van der Waals surface area contributed by atoms with Gasteiger partial charge < -0.3 is 20.1 Å². The van der Waals surface area contributed by atoms with Gasteiger partial charge >= 0.3 is 5.97 Å². The largest absolute Gasteiger partial charge is 0.496 e. The van der Waals surface area contributed by atoms with Crippen molar-refractivity contribution in [2.24, 2.45) is 5.92 Å². The van der Waals surface area contributed by atoms with Crippen LogP contribution in [0.4, 0.5) is 14.5 Å². The summed E-state index contributed by atoms with van der Waals surface area (Å²) < 4.78 is 36.6. The molecule has 2 N–H and O–H groups in total. The summed E-state index contributed by atoms with van der Waals surface area (Å²) in [5, 5.41) is 4.75. The summed E-state index contributed by atoms with van der Waals surface area (Å²) in [5.74, 6) is -3.93. The fraction of sp³-hybridized carbons (Fsp3) is 0.286. The molecule has 0 bridgehead atoms. The molecule has 0 aliphatic rings. The average Bonchev–Trinajstić information content (AvgIpc) is 2.71. The summed E-state index contributed by atoms with van der Waals surface area (Å²) in [6, 6.07) is 8.12. The lowest BCUT2D eigenvalue weighted by molar-refractivity contribution is -0.150. The zero-order chi connectivity index (χ0) is 22.3. The highest BCUT2D eigenvalue weighted by molar-refractivity contribution is 5.99. The van der Waals surface area contributed by atoms with Gasteiger partial charge in [0.15, 0.2) is 6.61 Å². The van der Waals surface area contributed by atoms with E-state index in [1.165, 1.54) is 7.11 Å². The molecule has 0 saturated carbocycles. The number of halogens is 2. The van der Waals surface area contributed by atoms with Gasteiger partial charge in [-0.3, -0.25) is 9.59 Å². The molecule has 7 nitrogen and oxygen atoms in total. The van der Waals surface area contributed by atoms with Gasteiger partial charge in [-0.1, -0.05) is 26.0 Å². The van der Waals surface area contributed by atoms with Crippen molar-refractivity contribution in [3.8, 4) is 5.75 Å². The van der Waals surface area contributed by atoms with Gasteiger partial charge in [0, 0.05) is 6.07 Å². The number of methoxy groups -OCH3 is 1. The quantitative estimate of drug-likeness (QED) is 0.641. The molecule has 0 spiro atoms. The van der Waals surface area contributed by atoms with Crippen LogP contribution in [0.15, 0.2) is 42.5 Å². The SMILES string of the molecule is COc1ccccc1C(=O)N[C@H](C(=O)OCC(=O)Nc1ccc(F)cc1F)C(C)C. The van der Waals surface area contributed by atoms with E-state index in [0.717, 1.165) is 12.1 Å². The molecule has 30 heavy (non-hydrogen) atoms. The summed E-state index contributed by atoms with van der Waals surface area (Å²) in [5.41, 5.74) is -0.00897. The lowest BCUT2D eigenvalue weighted by Gasteiger charge is -2.21. The zero-order valence-corrected chi connectivity index (χ0v) is 16.7. The summed E-state index contributed by atoms with van der Waals surface area (Å²) >= 11 is 0. The molecule has 2 aromatic rings. The summed E-state index contributed by atoms with van der Waals surface area (Å²) in [6.45, 7) is 2.69. The molecule has 160 valence electrons. The van der Waals surface area contributed by atoms with E-state index in [9.17, 15) is 23.2 Å². The molecule has 2 aromatic carbocycles. The molecule has 0 radical (unpaired) electrons. The highest BCUT2D eigenvalue weighted by Gasteiger charge is 2.27. The normalized spacial score (nSPS) is 11.5. The molecular weight excluding hydrogens is 398 g/mol. The minimum Gasteiger partial charge on any atom is -0.496 e. The first kappa shape index (κ1) is 22.8. The Morgan fingerprint density at radius 1 is 1.07 bits per heavy atom. The van der Waals surface area contributed by atoms with Crippen LogP contribution in [0.2, 0.25) is 0 Å². The molecule has 0 heterocycles. The number of para-hydroxylation sites is 1. The van der Waals surface area contributed by atoms with E-state index in [0.29, 0.717) is 11.8 Å². The number of benzene rings is 2. The minimum absolute atomic E-state index is 0.239. The fourth-order valence-corrected chi connectivity index (χ4v) is 2.55. The van der Waals surface area contributed by atoms with Crippen LogP contribution in [0, 0.1) is 17.6 Å². The Hall–Kier alpha value is -3.49. The van der Waals surface area contributed by atoms with Crippen LogP contribution in [-0.2, 0) is 14.3 Å². The number of carbonyl (C=O) groups is 3. The van der Waals surface area contributed by atoms with Gasteiger partial charge in [-0.2, -0.15) is 0 Å². The highest BCUT2D eigenvalue weighted by atomic mass is 19.1. The van der Waals surface area contributed by atoms with Crippen molar-refractivity contribution in [3.63, 3.8) is 0 Å². The molecule has 0 aromatic heterocycles. The summed E-state index contributed by atoms with van der Waals surface area (Å²) in [6.07, 6.45) is 0. The van der Waals surface area contributed by atoms with Gasteiger partial charge in [0.1, 0.15) is 23.4 Å². The lowest BCUT2D eigenvalue weighted by Crippen LogP contribution is -2.46. The third kappa shape index (κ3) is 6.00. The predicted molar refractivity (Wildman–Crippen MR) is 105 cm³/mol. The molecule has 2 rings (SSSR count). The van der Waals surface area contributed by atoms with Crippen molar-refractivity contribution in [2.75, 3.05) is 19.0 Å². The number of carbonyl (C=O) groups excluding carboxylic acids is 3. The topological polar surface area (TPSA) is 93.7 Å². The molecule has 9 heteroatoms. The fourth-order valence-electron chi connectivity index (χ4n) is 2.55. The Balaban J connectivity index is 1.98. The molecule has 0 aliphatic heterocycles. The van der Waals surface area contributed by atoms with Crippen molar-refractivity contribution in [1.29, 1.82) is 0 Å². The van der Waals surface area contributed by atoms with E-state index in [4.69, 9.17) is 9.47 Å². The van der Waals surface area contributed by atoms with Crippen LogP contribution in [0.25, 0.3) is 0 Å². The maximum Gasteiger partial charge on any atom is 0.329 e. The van der Waals surface area contributed by atoms with Crippen LogP contribution in [0.5, 0.6) is 5.75 Å². The second-order valence-corrected chi connectivity index (χ2v) is 6.68. The number of hydrogen-bond donors (Lipinski definition) is 2. The maximum absolute atomic E-state index is 13.6.